The normalized spacial score (nSPS) is 15.0. The predicted molar refractivity (Wildman–Crippen MR) is 112 cm³/mol. The summed E-state index contributed by atoms with van der Waals surface area (Å²) in [5.74, 6) is 0.756. The summed E-state index contributed by atoms with van der Waals surface area (Å²) in [5, 5.41) is 16.6. The fourth-order valence-corrected chi connectivity index (χ4v) is 4.92. The number of thioether (sulfide) groups is 1. The number of nitrogens with zero attached hydrogens (tertiary/aromatic N) is 3. The molecule has 2 N–H and O–H groups in total. The van der Waals surface area contributed by atoms with Crippen molar-refractivity contribution < 1.29 is 9.59 Å². The van der Waals surface area contributed by atoms with Crippen LogP contribution in [0.5, 0.6) is 0 Å². The highest BCUT2D eigenvalue weighted by atomic mass is 32.2. The minimum atomic E-state index is -0.465. The summed E-state index contributed by atoms with van der Waals surface area (Å²) in [4.78, 5) is 25.1. The molecule has 3 rings (SSSR count). The molecule has 1 fully saturated rings. The van der Waals surface area contributed by atoms with Crippen molar-refractivity contribution in [1.29, 1.82) is 0 Å². The smallest absolute Gasteiger partial charge is 0.321 e. The summed E-state index contributed by atoms with van der Waals surface area (Å²) < 4.78 is 2.23. The van der Waals surface area contributed by atoms with Crippen LogP contribution in [0.3, 0.4) is 0 Å². The van der Waals surface area contributed by atoms with Crippen LogP contribution >= 0.6 is 23.1 Å². The van der Waals surface area contributed by atoms with Gasteiger partial charge >= 0.3 is 6.03 Å². The second-order valence-corrected chi connectivity index (χ2v) is 9.26. The second kappa shape index (κ2) is 10.1. The van der Waals surface area contributed by atoms with Crippen LogP contribution in [-0.2, 0) is 11.2 Å². The molecular weight excluding hydrogens is 394 g/mol. The Morgan fingerprint density at radius 1 is 1.29 bits per heavy atom. The molecule has 2 aromatic rings. The molecule has 1 saturated carbocycles. The topological polar surface area (TPSA) is 88.9 Å². The standard InChI is InChI=1S/C19H27N5O2S2/c1-13(2)20-18(26)21-17(25)12-28-19-23-22-16(11-15-9-6-10-27-15)24(19)14-7-4-3-5-8-14/h6,9-10,13-14H,3-5,7-8,11-12H2,1-2H3,(H2,20,21,25,26). The van der Waals surface area contributed by atoms with Gasteiger partial charge in [-0.3, -0.25) is 10.1 Å². The lowest BCUT2D eigenvalue weighted by Crippen LogP contribution is -2.43. The number of imide groups is 1. The molecule has 28 heavy (non-hydrogen) atoms. The molecule has 0 spiro atoms. The lowest BCUT2D eigenvalue weighted by atomic mass is 9.95. The van der Waals surface area contributed by atoms with Crippen molar-refractivity contribution in [3.63, 3.8) is 0 Å². The first kappa shape index (κ1) is 20.9. The summed E-state index contributed by atoms with van der Waals surface area (Å²) in [6, 6.07) is 4.05. The third-order valence-corrected chi connectivity index (χ3v) is 6.41. The highest BCUT2D eigenvalue weighted by Gasteiger charge is 2.24. The average Bonchev–Trinajstić information content (AvgIpc) is 3.30. The van der Waals surface area contributed by atoms with Crippen molar-refractivity contribution in [2.24, 2.45) is 0 Å². The molecule has 3 amide bonds. The quantitative estimate of drug-likeness (QED) is 0.665. The zero-order valence-corrected chi connectivity index (χ0v) is 17.9. The maximum absolute atomic E-state index is 12.1. The number of carbonyl (C=O) groups excluding carboxylic acids is 2. The lowest BCUT2D eigenvalue weighted by Gasteiger charge is -2.25. The number of amides is 3. The van der Waals surface area contributed by atoms with Crippen molar-refractivity contribution in [3.8, 4) is 0 Å². The van der Waals surface area contributed by atoms with Gasteiger partial charge in [0.1, 0.15) is 5.82 Å². The zero-order chi connectivity index (χ0) is 19.9. The molecule has 7 nitrogen and oxygen atoms in total. The van der Waals surface area contributed by atoms with Gasteiger partial charge in [-0.15, -0.1) is 21.5 Å². The summed E-state index contributed by atoms with van der Waals surface area (Å²) >= 11 is 3.06. The number of hydrogen-bond acceptors (Lipinski definition) is 6. The van der Waals surface area contributed by atoms with E-state index in [-0.39, 0.29) is 17.7 Å². The number of rotatable bonds is 7. The first-order chi connectivity index (χ1) is 13.5. The molecule has 2 aromatic heterocycles. The van der Waals surface area contributed by atoms with Crippen molar-refractivity contribution in [2.45, 2.75) is 69.6 Å². The molecule has 152 valence electrons. The molecule has 9 heteroatoms. The Balaban J connectivity index is 1.68. The predicted octanol–water partition coefficient (Wildman–Crippen LogP) is 3.76. The molecule has 0 atom stereocenters. The van der Waals surface area contributed by atoms with Gasteiger partial charge in [0.15, 0.2) is 5.16 Å². The maximum atomic E-state index is 12.1. The van der Waals surface area contributed by atoms with Crippen molar-refractivity contribution >= 4 is 35.0 Å². The minimum absolute atomic E-state index is 0.0188. The van der Waals surface area contributed by atoms with E-state index in [0.29, 0.717) is 6.04 Å². The molecule has 0 bridgehead atoms. The number of thiophene rings is 1. The van der Waals surface area contributed by atoms with Crippen LogP contribution in [0.4, 0.5) is 4.79 Å². The van der Waals surface area contributed by atoms with Gasteiger partial charge in [-0.2, -0.15) is 0 Å². The van der Waals surface area contributed by atoms with Gasteiger partial charge in [0.2, 0.25) is 5.91 Å². The van der Waals surface area contributed by atoms with Gasteiger partial charge in [-0.1, -0.05) is 37.1 Å². The Labute approximate surface area is 173 Å². The molecule has 0 radical (unpaired) electrons. The zero-order valence-electron chi connectivity index (χ0n) is 16.3. The Morgan fingerprint density at radius 2 is 2.07 bits per heavy atom. The highest BCUT2D eigenvalue weighted by molar-refractivity contribution is 7.99. The minimum Gasteiger partial charge on any atom is -0.336 e. The van der Waals surface area contributed by atoms with E-state index in [2.05, 4.69) is 36.8 Å². The summed E-state index contributed by atoms with van der Waals surface area (Å²) in [6.07, 6.45) is 6.68. The molecule has 1 aliphatic rings. The Bertz CT molecular complexity index is 782. The van der Waals surface area contributed by atoms with Gasteiger partial charge in [-0.25, -0.2) is 4.79 Å². The third kappa shape index (κ3) is 5.81. The Hall–Kier alpha value is -1.87. The van der Waals surface area contributed by atoms with E-state index >= 15 is 0 Å². The number of nitrogens with one attached hydrogen (secondary N) is 2. The molecule has 0 unspecified atom stereocenters. The van der Waals surface area contributed by atoms with Gasteiger partial charge in [0, 0.05) is 23.4 Å². The van der Waals surface area contributed by atoms with Gasteiger partial charge in [0.25, 0.3) is 0 Å². The first-order valence-corrected chi connectivity index (χ1v) is 11.6. The van der Waals surface area contributed by atoms with E-state index < -0.39 is 6.03 Å². The van der Waals surface area contributed by atoms with E-state index in [9.17, 15) is 9.59 Å². The van der Waals surface area contributed by atoms with Crippen molar-refractivity contribution in [2.75, 3.05) is 5.75 Å². The van der Waals surface area contributed by atoms with E-state index in [0.717, 1.165) is 30.2 Å². The highest BCUT2D eigenvalue weighted by Crippen LogP contribution is 2.33. The van der Waals surface area contributed by atoms with Gasteiger partial charge in [-0.05, 0) is 38.1 Å². The van der Waals surface area contributed by atoms with E-state index in [1.165, 1.54) is 35.9 Å². The number of aromatic nitrogens is 3. The van der Waals surface area contributed by atoms with Crippen molar-refractivity contribution in [1.82, 2.24) is 25.4 Å². The SMILES string of the molecule is CC(C)NC(=O)NC(=O)CSc1nnc(Cc2cccs2)n1C1CCCCC1. The largest absolute Gasteiger partial charge is 0.336 e. The summed E-state index contributed by atoms with van der Waals surface area (Å²) in [6.45, 7) is 3.70. The molecule has 1 aliphatic carbocycles. The van der Waals surface area contributed by atoms with Gasteiger partial charge < -0.3 is 9.88 Å². The summed E-state index contributed by atoms with van der Waals surface area (Å²) in [7, 11) is 0. The van der Waals surface area contributed by atoms with Crippen LogP contribution in [0.1, 0.15) is 62.7 Å². The number of hydrogen-bond donors (Lipinski definition) is 2. The van der Waals surface area contributed by atoms with E-state index in [1.54, 1.807) is 11.3 Å². The van der Waals surface area contributed by atoms with Crippen LogP contribution < -0.4 is 10.6 Å². The fourth-order valence-electron chi connectivity index (χ4n) is 3.39. The average molecular weight is 422 g/mol. The Morgan fingerprint density at radius 3 is 2.75 bits per heavy atom. The third-order valence-electron chi connectivity index (χ3n) is 4.59. The summed E-state index contributed by atoms with van der Waals surface area (Å²) in [5.41, 5.74) is 0. The Kier molecular flexibility index (Phi) is 7.50. The van der Waals surface area contributed by atoms with E-state index in [4.69, 9.17) is 0 Å². The molecule has 2 heterocycles. The van der Waals surface area contributed by atoms with Crippen LogP contribution in [-0.4, -0.2) is 38.5 Å². The molecule has 0 aliphatic heterocycles. The fraction of sp³-hybridized carbons (Fsp3) is 0.579. The van der Waals surface area contributed by atoms with E-state index in [1.807, 2.05) is 19.9 Å². The van der Waals surface area contributed by atoms with Crippen LogP contribution in [0.15, 0.2) is 22.7 Å². The van der Waals surface area contributed by atoms with Crippen LogP contribution in [0.25, 0.3) is 0 Å². The van der Waals surface area contributed by atoms with Crippen LogP contribution in [0, 0.1) is 0 Å². The van der Waals surface area contributed by atoms with Gasteiger partial charge in [0.05, 0.1) is 5.75 Å². The number of carbonyl (C=O) groups is 2. The maximum Gasteiger partial charge on any atom is 0.321 e. The van der Waals surface area contributed by atoms with Crippen LogP contribution in [0.2, 0.25) is 0 Å². The molecule has 0 aromatic carbocycles. The van der Waals surface area contributed by atoms with Crippen molar-refractivity contribution in [3.05, 3.63) is 28.2 Å². The molecular formula is C19H27N5O2S2. The second-order valence-electron chi connectivity index (χ2n) is 7.28. The monoisotopic (exact) mass is 421 g/mol. The lowest BCUT2D eigenvalue weighted by molar-refractivity contribution is -0.117. The number of urea groups is 1. The first-order valence-electron chi connectivity index (χ1n) is 9.72. The molecule has 0 saturated heterocycles.